The second-order valence-electron chi connectivity index (χ2n) is 7.92. The van der Waals surface area contributed by atoms with E-state index in [4.69, 9.17) is 10.00 Å². The molecule has 7 nitrogen and oxygen atoms in total. The highest BCUT2D eigenvalue weighted by Gasteiger charge is 2.25. The zero-order chi connectivity index (χ0) is 21.6. The topological polar surface area (TPSA) is 87.3 Å². The molecule has 2 aliphatic rings. The van der Waals surface area contributed by atoms with E-state index in [-0.39, 0.29) is 5.56 Å². The second-order valence-corrected chi connectivity index (χ2v) is 7.92. The van der Waals surface area contributed by atoms with Crippen LogP contribution in [0.5, 0.6) is 5.88 Å². The van der Waals surface area contributed by atoms with Crippen LogP contribution in [0.4, 0.5) is 15.9 Å². The number of anilines is 2. The van der Waals surface area contributed by atoms with Gasteiger partial charge in [-0.2, -0.15) is 19.9 Å². The minimum absolute atomic E-state index is 0.246. The molecule has 0 bridgehead atoms. The summed E-state index contributed by atoms with van der Waals surface area (Å²) >= 11 is 0. The van der Waals surface area contributed by atoms with E-state index >= 15 is 0 Å². The first kappa shape index (κ1) is 21.1. The monoisotopic (exact) mass is 422 g/mol. The van der Waals surface area contributed by atoms with Crippen LogP contribution in [0.15, 0.2) is 30.5 Å². The van der Waals surface area contributed by atoms with Gasteiger partial charge in [-0.05, 0) is 62.9 Å². The number of ether oxygens (including phenoxy) is 1. The maximum atomic E-state index is 13.7. The summed E-state index contributed by atoms with van der Waals surface area (Å²) in [6.45, 7) is 2.50. The van der Waals surface area contributed by atoms with Crippen molar-refractivity contribution in [2.45, 2.75) is 44.4 Å². The number of benzene rings is 1. The molecule has 5 rings (SSSR count). The smallest absolute Gasteiger partial charge is 0.218 e. The Morgan fingerprint density at radius 3 is 2.55 bits per heavy atom. The summed E-state index contributed by atoms with van der Waals surface area (Å²) < 4.78 is 20.7. The van der Waals surface area contributed by atoms with Gasteiger partial charge in [0.15, 0.2) is 5.65 Å². The van der Waals surface area contributed by atoms with Gasteiger partial charge in [-0.15, -0.1) is 0 Å². The Hall–Kier alpha value is -3.18. The number of hydrogen-bond donors (Lipinski definition) is 2. The lowest BCUT2D eigenvalue weighted by Gasteiger charge is -2.24. The highest BCUT2D eigenvalue weighted by atomic mass is 19.1. The van der Waals surface area contributed by atoms with Crippen LogP contribution in [0.3, 0.4) is 0 Å². The van der Waals surface area contributed by atoms with E-state index in [2.05, 4.69) is 20.7 Å². The van der Waals surface area contributed by atoms with E-state index in [9.17, 15) is 4.39 Å². The average molecular weight is 423 g/mol. The number of fused-ring (bicyclic) bond motifs is 1. The first-order chi connectivity index (χ1) is 15.2. The van der Waals surface area contributed by atoms with Crippen LogP contribution in [-0.4, -0.2) is 34.8 Å². The average Bonchev–Trinajstić information content (AvgIpc) is 3.17. The Balaban J connectivity index is 0.000000334. The van der Waals surface area contributed by atoms with E-state index in [0.717, 1.165) is 24.1 Å². The van der Waals surface area contributed by atoms with Crippen molar-refractivity contribution in [1.82, 2.24) is 19.9 Å². The summed E-state index contributed by atoms with van der Waals surface area (Å²) in [5, 5.41) is 19.8. The number of halogens is 1. The molecular weight excluding hydrogens is 395 g/mol. The molecule has 0 atom stereocenters. The van der Waals surface area contributed by atoms with Gasteiger partial charge in [0.05, 0.1) is 24.9 Å². The minimum Gasteiger partial charge on any atom is -0.481 e. The van der Waals surface area contributed by atoms with Crippen molar-refractivity contribution in [3.8, 4) is 11.9 Å². The van der Waals surface area contributed by atoms with E-state index in [0.29, 0.717) is 23.3 Å². The maximum absolute atomic E-state index is 13.7. The fourth-order valence-corrected chi connectivity index (χ4v) is 3.83. The molecule has 0 unspecified atom stereocenters. The minimum atomic E-state index is -0.477. The van der Waals surface area contributed by atoms with Gasteiger partial charge in [-0.25, -0.2) is 4.39 Å². The summed E-state index contributed by atoms with van der Waals surface area (Å²) in [5.74, 6) is 1.05. The molecule has 1 aliphatic heterocycles. The molecule has 2 N–H and O–H groups in total. The molecule has 1 aliphatic carbocycles. The number of hydrogen-bond acceptors (Lipinski definition) is 6. The van der Waals surface area contributed by atoms with E-state index in [1.807, 2.05) is 12.3 Å². The molecular formula is C23H27FN6O. The van der Waals surface area contributed by atoms with Crippen molar-refractivity contribution in [3.05, 3.63) is 47.4 Å². The van der Waals surface area contributed by atoms with Gasteiger partial charge < -0.3 is 15.4 Å². The van der Waals surface area contributed by atoms with Crippen molar-refractivity contribution in [2.75, 3.05) is 25.5 Å². The number of nitrogens with zero attached hydrogens (tertiary/aromatic N) is 4. The lowest BCUT2D eigenvalue weighted by molar-refractivity contribution is 0.397. The Morgan fingerprint density at radius 1 is 1.16 bits per heavy atom. The number of piperidine rings is 1. The van der Waals surface area contributed by atoms with Crippen molar-refractivity contribution in [3.63, 3.8) is 0 Å². The van der Waals surface area contributed by atoms with E-state index in [1.165, 1.54) is 50.9 Å². The quantitative estimate of drug-likeness (QED) is 0.643. The van der Waals surface area contributed by atoms with Gasteiger partial charge in [0.2, 0.25) is 5.88 Å². The number of aromatic nitrogens is 3. The SMILES string of the molecule is C1CCNCC1.COc1cc(Nc2cc(F)cc(C#N)c2)n2ncc(C3CCC3)c2n1. The van der Waals surface area contributed by atoms with Crippen molar-refractivity contribution in [1.29, 1.82) is 5.26 Å². The molecule has 8 heteroatoms. The first-order valence-electron chi connectivity index (χ1n) is 10.8. The summed E-state index contributed by atoms with van der Waals surface area (Å²) in [7, 11) is 1.55. The number of nitrogens with one attached hydrogen (secondary N) is 2. The van der Waals surface area contributed by atoms with E-state index in [1.54, 1.807) is 23.8 Å². The molecule has 0 radical (unpaired) electrons. The third-order valence-corrected chi connectivity index (χ3v) is 5.74. The lowest BCUT2D eigenvalue weighted by atomic mass is 9.81. The molecule has 1 saturated heterocycles. The van der Waals surface area contributed by atoms with Gasteiger partial charge in [0.1, 0.15) is 11.6 Å². The van der Waals surface area contributed by atoms with Crippen molar-refractivity contribution >= 4 is 17.2 Å². The Kier molecular flexibility index (Phi) is 6.63. The zero-order valence-corrected chi connectivity index (χ0v) is 17.7. The van der Waals surface area contributed by atoms with Crippen molar-refractivity contribution in [2.24, 2.45) is 0 Å². The van der Waals surface area contributed by atoms with Gasteiger partial charge in [0, 0.05) is 17.3 Å². The highest BCUT2D eigenvalue weighted by molar-refractivity contribution is 5.64. The molecule has 0 amide bonds. The third-order valence-electron chi connectivity index (χ3n) is 5.74. The predicted octanol–water partition coefficient (Wildman–Crippen LogP) is 4.52. The standard InChI is InChI=1S/C18H16FN5O.C5H11N/c1-25-17-8-16(22-14-6-11(9-20)5-13(19)7-14)24-18(23-17)15(10-21-24)12-3-2-4-12;1-2-4-6-5-3-1/h5-8,10,12,22H,2-4H2,1H3;6H,1-5H2. The summed E-state index contributed by atoms with van der Waals surface area (Å²) in [5.41, 5.74) is 2.55. The Labute approximate surface area is 181 Å². The molecule has 2 aromatic heterocycles. The number of nitriles is 1. The largest absolute Gasteiger partial charge is 0.481 e. The normalized spacial score (nSPS) is 16.0. The van der Waals surface area contributed by atoms with Crippen LogP contribution in [0.1, 0.15) is 55.6 Å². The molecule has 31 heavy (non-hydrogen) atoms. The summed E-state index contributed by atoms with van der Waals surface area (Å²) in [4.78, 5) is 4.52. The van der Waals surface area contributed by atoms with Gasteiger partial charge in [0.25, 0.3) is 0 Å². The maximum Gasteiger partial charge on any atom is 0.218 e. The third kappa shape index (κ3) is 4.94. The van der Waals surface area contributed by atoms with Gasteiger partial charge in [-0.1, -0.05) is 12.8 Å². The Morgan fingerprint density at radius 2 is 1.97 bits per heavy atom. The Bertz CT molecular complexity index is 1070. The molecule has 1 saturated carbocycles. The number of methoxy groups -OCH3 is 1. The van der Waals surface area contributed by atoms with Crippen LogP contribution < -0.4 is 15.4 Å². The van der Waals surface area contributed by atoms with Crippen LogP contribution in [-0.2, 0) is 0 Å². The number of rotatable bonds is 4. The molecule has 1 aromatic carbocycles. The van der Waals surface area contributed by atoms with Crippen LogP contribution in [0.25, 0.3) is 5.65 Å². The summed E-state index contributed by atoms with van der Waals surface area (Å²) in [6, 6.07) is 7.75. The molecule has 162 valence electrons. The van der Waals surface area contributed by atoms with Crippen LogP contribution in [0.2, 0.25) is 0 Å². The lowest BCUT2D eigenvalue weighted by Crippen LogP contribution is -2.21. The van der Waals surface area contributed by atoms with Gasteiger partial charge >= 0.3 is 0 Å². The summed E-state index contributed by atoms with van der Waals surface area (Å²) in [6.07, 6.45) is 9.55. The second kappa shape index (κ2) is 9.75. The fourth-order valence-electron chi connectivity index (χ4n) is 3.83. The predicted molar refractivity (Wildman–Crippen MR) is 117 cm³/mol. The van der Waals surface area contributed by atoms with Gasteiger partial charge in [-0.3, -0.25) is 0 Å². The van der Waals surface area contributed by atoms with E-state index < -0.39 is 5.82 Å². The highest BCUT2D eigenvalue weighted by Crippen LogP contribution is 2.38. The first-order valence-corrected chi connectivity index (χ1v) is 10.8. The van der Waals surface area contributed by atoms with Crippen LogP contribution >= 0.6 is 0 Å². The zero-order valence-electron chi connectivity index (χ0n) is 17.7. The molecule has 3 heterocycles. The van der Waals surface area contributed by atoms with Crippen molar-refractivity contribution < 1.29 is 9.13 Å². The molecule has 0 spiro atoms. The fraction of sp³-hybridized carbons (Fsp3) is 0.435. The molecule has 3 aromatic rings. The van der Waals surface area contributed by atoms with Crippen LogP contribution in [0, 0.1) is 17.1 Å². The molecule has 2 fully saturated rings.